The summed E-state index contributed by atoms with van der Waals surface area (Å²) in [6, 6.07) is 4.38. The van der Waals surface area contributed by atoms with Gasteiger partial charge in [-0.2, -0.15) is 0 Å². The molecule has 3 nitrogen and oxygen atoms in total. The fraction of sp³-hybridized carbons (Fsp3) is 0.300. The first-order valence-corrected chi connectivity index (χ1v) is 5.97. The molecule has 0 bridgehead atoms. The number of carbonyl (C=O) groups excluding carboxylic acids is 1. The van der Waals surface area contributed by atoms with Gasteiger partial charge in [0.2, 0.25) is 0 Å². The number of hydrogen-bond donors (Lipinski definition) is 2. The molecule has 0 radical (unpaired) electrons. The highest BCUT2D eigenvalue weighted by atomic mass is 79.9. The average Bonchev–Trinajstić information content (AvgIpc) is 2.22. The van der Waals surface area contributed by atoms with Gasteiger partial charge < -0.3 is 10.4 Å². The summed E-state index contributed by atoms with van der Waals surface area (Å²) in [6.07, 6.45) is 0.840. The number of benzene rings is 1. The lowest BCUT2D eigenvalue weighted by Gasteiger charge is -2.06. The summed E-state index contributed by atoms with van der Waals surface area (Å²) in [6.45, 7) is 0.566. The van der Waals surface area contributed by atoms with Gasteiger partial charge in [-0.25, -0.2) is 0 Å². The summed E-state index contributed by atoms with van der Waals surface area (Å²) in [5, 5.41) is 13.4. The number of phenols is 1. The fourth-order valence-electron chi connectivity index (χ4n) is 1.05. The molecule has 15 heavy (non-hydrogen) atoms. The Bertz CT molecular complexity index is 357. The molecule has 1 amide bonds. The molecular formula is C10H11BrClNO2. The van der Waals surface area contributed by atoms with Crippen molar-refractivity contribution in [3.8, 4) is 5.75 Å². The predicted octanol–water partition coefficient (Wildman–Crippen LogP) is 2.56. The van der Waals surface area contributed by atoms with E-state index in [1.54, 1.807) is 0 Å². The van der Waals surface area contributed by atoms with E-state index < -0.39 is 0 Å². The molecule has 1 rings (SSSR count). The highest BCUT2D eigenvalue weighted by Gasteiger charge is 2.10. The second-order valence-electron chi connectivity index (χ2n) is 2.96. The third-order valence-electron chi connectivity index (χ3n) is 1.80. The molecule has 0 fully saturated rings. The molecule has 0 aliphatic heterocycles. The minimum absolute atomic E-state index is 0.0595. The van der Waals surface area contributed by atoms with E-state index in [0.717, 1.165) is 11.8 Å². The highest BCUT2D eigenvalue weighted by molar-refractivity contribution is 9.09. The summed E-state index contributed by atoms with van der Waals surface area (Å²) in [5.41, 5.74) is 0.206. The molecule has 5 heteroatoms. The Morgan fingerprint density at radius 3 is 2.93 bits per heavy atom. The van der Waals surface area contributed by atoms with Crippen molar-refractivity contribution in [3.63, 3.8) is 0 Å². The van der Waals surface area contributed by atoms with Gasteiger partial charge in [-0.05, 0) is 24.6 Å². The lowest BCUT2D eigenvalue weighted by atomic mass is 10.2. The van der Waals surface area contributed by atoms with E-state index in [1.165, 1.54) is 18.2 Å². The van der Waals surface area contributed by atoms with Crippen molar-refractivity contribution in [1.29, 1.82) is 0 Å². The zero-order chi connectivity index (χ0) is 11.3. The third kappa shape index (κ3) is 3.72. The number of halogens is 2. The first kappa shape index (κ1) is 12.3. The van der Waals surface area contributed by atoms with Crippen LogP contribution in [0.1, 0.15) is 16.8 Å². The van der Waals surface area contributed by atoms with Crippen LogP contribution in [0.15, 0.2) is 18.2 Å². The summed E-state index contributed by atoms with van der Waals surface area (Å²) in [7, 11) is 0. The number of alkyl halides is 1. The van der Waals surface area contributed by atoms with E-state index in [0.29, 0.717) is 11.6 Å². The Labute approximate surface area is 102 Å². The molecule has 0 unspecified atom stereocenters. The number of nitrogens with one attached hydrogen (secondary N) is 1. The van der Waals surface area contributed by atoms with Gasteiger partial charge in [0, 0.05) is 16.9 Å². The Kier molecular flexibility index (Phi) is 4.91. The Balaban J connectivity index is 2.68. The molecule has 1 aromatic rings. The minimum atomic E-state index is -0.309. The Morgan fingerprint density at radius 1 is 1.53 bits per heavy atom. The SMILES string of the molecule is O=C(NCCCBr)c1cc(Cl)ccc1O. The lowest BCUT2D eigenvalue weighted by Crippen LogP contribution is -2.24. The van der Waals surface area contributed by atoms with Gasteiger partial charge in [0.1, 0.15) is 5.75 Å². The smallest absolute Gasteiger partial charge is 0.255 e. The van der Waals surface area contributed by atoms with Crippen molar-refractivity contribution in [3.05, 3.63) is 28.8 Å². The topological polar surface area (TPSA) is 49.3 Å². The minimum Gasteiger partial charge on any atom is -0.507 e. The first-order chi connectivity index (χ1) is 7.15. The van der Waals surface area contributed by atoms with E-state index in [-0.39, 0.29) is 17.2 Å². The average molecular weight is 293 g/mol. The predicted molar refractivity (Wildman–Crippen MR) is 63.9 cm³/mol. The monoisotopic (exact) mass is 291 g/mol. The van der Waals surface area contributed by atoms with Crippen LogP contribution in [-0.2, 0) is 0 Å². The van der Waals surface area contributed by atoms with Crippen LogP contribution in [0.5, 0.6) is 5.75 Å². The molecule has 0 aromatic heterocycles. The van der Waals surface area contributed by atoms with Crippen LogP contribution in [0.3, 0.4) is 0 Å². The van der Waals surface area contributed by atoms with Crippen LogP contribution in [0, 0.1) is 0 Å². The molecule has 2 N–H and O–H groups in total. The second-order valence-corrected chi connectivity index (χ2v) is 4.19. The molecule has 0 heterocycles. The fourth-order valence-corrected chi connectivity index (χ4v) is 1.51. The van der Waals surface area contributed by atoms with Crippen LogP contribution < -0.4 is 5.32 Å². The second kappa shape index (κ2) is 5.98. The number of amides is 1. The molecule has 1 aromatic carbocycles. The number of aromatic hydroxyl groups is 1. The lowest BCUT2D eigenvalue weighted by molar-refractivity contribution is 0.0951. The summed E-state index contributed by atoms with van der Waals surface area (Å²) >= 11 is 8.98. The number of carbonyl (C=O) groups is 1. The highest BCUT2D eigenvalue weighted by Crippen LogP contribution is 2.21. The van der Waals surface area contributed by atoms with Crippen LogP contribution in [0.25, 0.3) is 0 Å². The zero-order valence-corrected chi connectivity index (χ0v) is 10.3. The van der Waals surface area contributed by atoms with Gasteiger partial charge in [-0.15, -0.1) is 0 Å². The van der Waals surface area contributed by atoms with E-state index in [2.05, 4.69) is 21.2 Å². The van der Waals surface area contributed by atoms with Crippen molar-refractivity contribution >= 4 is 33.4 Å². The van der Waals surface area contributed by atoms with Gasteiger partial charge >= 0.3 is 0 Å². The molecule has 82 valence electrons. The van der Waals surface area contributed by atoms with Crippen LogP contribution >= 0.6 is 27.5 Å². The first-order valence-electron chi connectivity index (χ1n) is 4.48. The van der Waals surface area contributed by atoms with Gasteiger partial charge in [-0.1, -0.05) is 27.5 Å². The maximum absolute atomic E-state index is 11.5. The van der Waals surface area contributed by atoms with E-state index >= 15 is 0 Å². The van der Waals surface area contributed by atoms with Crippen LogP contribution in [0.4, 0.5) is 0 Å². The summed E-state index contributed by atoms with van der Waals surface area (Å²) in [4.78, 5) is 11.5. The van der Waals surface area contributed by atoms with Crippen LogP contribution in [-0.4, -0.2) is 22.9 Å². The standard InChI is InChI=1S/C10H11BrClNO2/c11-4-1-5-13-10(15)8-6-7(12)2-3-9(8)14/h2-3,6,14H,1,4-5H2,(H,13,15). The molecular weight excluding hydrogens is 281 g/mol. The van der Waals surface area contributed by atoms with Crippen molar-refractivity contribution in [2.75, 3.05) is 11.9 Å². The van der Waals surface area contributed by atoms with Gasteiger partial charge in [0.05, 0.1) is 5.56 Å². The molecule has 0 aliphatic rings. The van der Waals surface area contributed by atoms with Crippen molar-refractivity contribution in [2.45, 2.75) is 6.42 Å². The van der Waals surface area contributed by atoms with Gasteiger partial charge in [0.25, 0.3) is 5.91 Å². The summed E-state index contributed by atoms with van der Waals surface area (Å²) < 4.78 is 0. The van der Waals surface area contributed by atoms with Gasteiger partial charge in [0.15, 0.2) is 0 Å². The maximum atomic E-state index is 11.5. The molecule has 0 atom stereocenters. The maximum Gasteiger partial charge on any atom is 0.255 e. The van der Waals surface area contributed by atoms with Crippen molar-refractivity contribution < 1.29 is 9.90 Å². The number of phenolic OH excluding ortho intramolecular Hbond substituents is 1. The molecule has 0 aliphatic carbocycles. The normalized spacial score (nSPS) is 10.0. The molecule has 0 saturated carbocycles. The quantitative estimate of drug-likeness (QED) is 0.662. The molecule has 0 saturated heterocycles. The van der Waals surface area contributed by atoms with E-state index in [4.69, 9.17) is 11.6 Å². The molecule has 0 spiro atoms. The Hall–Kier alpha value is -0.740. The summed E-state index contributed by atoms with van der Waals surface area (Å²) in [5.74, 6) is -0.369. The Morgan fingerprint density at radius 2 is 2.27 bits per heavy atom. The van der Waals surface area contributed by atoms with Crippen LogP contribution in [0.2, 0.25) is 5.02 Å². The third-order valence-corrected chi connectivity index (χ3v) is 2.60. The van der Waals surface area contributed by atoms with Gasteiger partial charge in [-0.3, -0.25) is 4.79 Å². The number of hydrogen-bond acceptors (Lipinski definition) is 2. The van der Waals surface area contributed by atoms with E-state index in [9.17, 15) is 9.90 Å². The largest absolute Gasteiger partial charge is 0.507 e. The number of rotatable bonds is 4. The van der Waals surface area contributed by atoms with Crippen molar-refractivity contribution in [1.82, 2.24) is 5.32 Å². The van der Waals surface area contributed by atoms with E-state index in [1.807, 2.05) is 0 Å². The zero-order valence-electron chi connectivity index (χ0n) is 7.96. The van der Waals surface area contributed by atoms with Crippen molar-refractivity contribution in [2.24, 2.45) is 0 Å².